The minimum atomic E-state index is -0.986. The Morgan fingerprint density at radius 2 is 2.10 bits per heavy atom. The van der Waals surface area contributed by atoms with Gasteiger partial charge in [-0.25, -0.2) is 14.8 Å². The highest BCUT2D eigenvalue weighted by molar-refractivity contribution is 7.09. The highest BCUT2D eigenvalue weighted by Gasteiger charge is 2.12. The molecule has 0 aliphatic carbocycles. The lowest BCUT2D eigenvalue weighted by molar-refractivity contribution is 0.0699. The number of hydrogen-bond acceptors (Lipinski definition) is 6. The molecule has 0 saturated carbocycles. The second-order valence-corrected chi connectivity index (χ2v) is 4.90. The average molecular weight is 286 g/mol. The Kier molecular flexibility index (Phi) is 3.03. The van der Waals surface area contributed by atoms with Gasteiger partial charge in [0.1, 0.15) is 11.6 Å². The van der Waals surface area contributed by atoms with Crippen LogP contribution in [0.15, 0.2) is 30.3 Å². The highest BCUT2D eigenvalue weighted by Crippen LogP contribution is 2.23. The fraction of sp³-hybridized carbons (Fsp3) is 0.0769. The fourth-order valence-electron chi connectivity index (χ4n) is 1.87. The van der Waals surface area contributed by atoms with Gasteiger partial charge in [-0.15, -0.1) is 0 Å². The first-order valence-electron chi connectivity index (χ1n) is 5.84. The molecule has 0 aliphatic heterocycles. The zero-order valence-corrected chi connectivity index (χ0v) is 11.3. The molecule has 0 radical (unpaired) electrons. The van der Waals surface area contributed by atoms with Crippen molar-refractivity contribution in [2.24, 2.45) is 0 Å². The molecule has 0 atom stereocenters. The summed E-state index contributed by atoms with van der Waals surface area (Å²) in [7, 11) is 0. The molecule has 3 rings (SSSR count). The molecule has 0 saturated heterocycles. The lowest BCUT2D eigenvalue weighted by Gasteiger charge is -2.06. The summed E-state index contributed by atoms with van der Waals surface area (Å²) >= 11 is 1.20. The molecule has 2 heterocycles. The molecule has 0 aliphatic rings. The molecule has 6 nitrogen and oxygen atoms in total. The van der Waals surface area contributed by atoms with E-state index in [1.807, 2.05) is 6.07 Å². The summed E-state index contributed by atoms with van der Waals surface area (Å²) in [4.78, 5) is 19.9. The number of aryl methyl sites for hydroxylation is 1. The van der Waals surface area contributed by atoms with Gasteiger partial charge < -0.3 is 10.4 Å². The number of aromatic carboxylic acids is 1. The Labute approximate surface area is 118 Å². The number of benzene rings is 1. The van der Waals surface area contributed by atoms with Crippen molar-refractivity contribution >= 4 is 39.4 Å². The second kappa shape index (κ2) is 4.86. The zero-order valence-electron chi connectivity index (χ0n) is 10.5. The third-order valence-electron chi connectivity index (χ3n) is 2.71. The van der Waals surface area contributed by atoms with Gasteiger partial charge in [-0.2, -0.15) is 4.37 Å². The molecule has 7 heteroatoms. The molecule has 0 bridgehead atoms. The van der Waals surface area contributed by atoms with Gasteiger partial charge in [-0.05, 0) is 19.1 Å². The normalized spacial score (nSPS) is 10.7. The number of pyridine rings is 1. The van der Waals surface area contributed by atoms with E-state index in [9.17, 15) is 9.90 Å². The van der Waals surface area contributed by atoms with E-state index < -0.39 is 5.97 Å². The van der Waals surface area contributed by atoms with E-state index in [0.717, 1.165) is 0 Å². The van der Waals surface area contributed by atoms with Crippen LogP contribution in [0.4, 0.5) is 10.9 Å². The van der Waals surface area contributed by atoms with Crippen LogP contribution in [0, 0.1) is 6.92 Å². The predicted octanol–water partition coefficient (Wildman–Crippen LogP) is 2.84. The molecule has 2 N–H and O–H groups in total. The molecule has 20 heavy (non-hydrogen) atoms. The van der Waals surface area contributed by atoms with Crippen LogP contribution in [0.25, 0.3) is 10.9 Å². The molecule has 0 amide bonds. The Hall–Kier alpha value is -2.54. The first kappa shape index (κ1) is 12.5. The zero-order chi connectivity index (χ0) is 14.1. The minimum absolute atomic E-state index is 0.208. The summed E-state index contributed by atoms with van der Waals surface area (Å²) in [5.41, 5.74) is 0.829. The predicted molar refractivity (Wildman–Crippen MR) is 76.6 cm³/mol. The van der Waals surface area contributed by atoms with Crippen LogP contribution in [0.2, 0.25) is 0 Å². The first-order valence-corrected chi connectivity index (χ1v) is 6.61. The van der Waals surface area contributed by atoms with E-state index in [0.29, 0.717) is 27.7 Å². The number of carboxylic acids is 1. The summed E-state index contributed by atoms with van der Waals surface area (Å²) < 4.78 is 4.06. The molecule has 0 unspecified atom stereocenters. The molecule has 2 aromatic heterocycles. The summed E-state index contributed by atoms with van der Waals surface area (Å²) in [6.45, 7) is 1.79. The fourth-order valence-corrected chi connectivity index (χ4v) is 2.46. The van der Waals surface area contributed by atoms with Gasteiger partial charge >= 0.3 is 5.97 Å². The van der Waals surface area contributed by atoms with E-state index >= 15 is 0 Å². The van der Waals surface area contributed by atoms with Crippen molar-refractivity contribution in [2.75, 3.05) is 5.32 Å². The smallest absolute Gasteiger partial charge is 0.336 e. The van der Waals surface area contributed by atoms with Gasteiger partial charge in [-0.3, -0.25) is 0 Å². The molecule has 100 valence electrons. The van der Waals surface area contributed by atoms with E-state index in [4.69, 9.17) is 0 Å². The first-order chi connectivity index (χ1) is 9.63. The number of para-hydroxylation sites is 1. The van der Waals surface area contributed by atoms with Crippen LogP contribution in [0.3, 0.4) is 0 Å². The number of hydrogen-bond donors (Lipinski definition) is 2. The Morgan fingerprint density at radius 1 is 1.30 bits per heavy atom. The third-order valence-corrected chi connectivity index (χ3v) is 3.43. The van der Waals surface area contributed by atoms with E-state index in [1.54, 1.807) is 25.1 Å². The maximum absolute atomic E-state index is 11.3. The number of carboxylic acid groups (broad SMARTS) is 1. The SMILES string of the molecule is Cc1nsc(Nc2cc(C(=O)O)c3ccccc3n2)n1. The van der Waals surface area contributed by atoms with Crippen molar-refractivity contribution in [3.05, 3.63) is 41.7 Å². The topological polar surface area (TPSA) is 88.0 Å². The van der Waals surface area contributed by atoms with E-state index in [1.165, 1.54) is 17.6 Å². The number of carbonyl (C=O) groups is 1. The number of rotatable bonds is 3. The maximum atomic E-state index is 11.3. The quantitative estimate of drug-likeness (QED) is 0.769. The molecule has 1 aromatic carbocycles. The maximum Gasteiger partial charge on any atom is 0.336 e. The Bertz CT molecular complexity index is 800. The van der Waals surface area contributed by atoms with Crippen LogP contribution >= 0.6 is 11.5 Å². The second-order valence-electron chi connectivity index (χ2n) is 4.15. The Morgan fingerprint density at radius 3 is 2.80 bits per heavy atom. The van der Waals surface area contributed by atoms with Gasteiger partial charge in [0.05, 0.1) is 11.1 Å². The van der Waals surface area contributed by atoms with Gasteiger partial charge in [0, 0.05) is 16.9 Å². The number of nitrogens with zero attached hydrogens (tertiary/aromatic N) is 3. The van der Waals surface area contributed by atoms with Crippen molar-refractivity contribution in [1.82, 2.24) is 14.3 Å². The van der Waals surface area contributed by atoms with E-state index in [-0.39, 0.29) is 5.56 Å². The van der Waals surface area contributed by atoms with Crippen molar-refractivity contribution in [3.8, 4) is 0 Å². The summed E-state index contributed by atoms with van der Waals surface area (Å²) in [5, 5.41) is 13.5. The van der Waals surface area contributed by atoms with Gasteiger partial charge in [0.15, 0.2) is 0 Å². The van der Waals surface area contributed by atoms with Crippen molar-refractivity contribution in [1.29, 1.82) is 0 Å². The van der Waals surface area contributed by atoms with Crippen LogP contribution < -0.4 is 5.32 Å². The molecular weight excluding hydrogens is 276 g/mol. The molecular formula is C13H10N4O2S. The van der Waals surface area contributed by atoms with Crippen LogP contribution in [0.5, 0.6) is 0 Å². The van der Waals surface area contributed by atoms with Crippen LogP contribution in [-0.4, -0.2) is 25.4 Å². The van der Waals surface area contributed by atoms with Crippen LogP contribution in [-0.2, 0) is 0 Å². The number of aromatic nitrogens is 3. The molecule has 0 spiro atoms. The van der Waals surface area contributed by atoms with E-state index in [2.05, 4.69) is 19.7 Å². The Balaban J connectivity index is 2.10. The van der Waals surface area contributed by atoms with Crippen molar-refractivity contribution < 1.29 is 9.90 Å². The van der Waals surface area contributed by atoms with Crippen molar-refractivity contribution in [3.63, 3.8) is 0 Å². The largest absolute Gasteiger partial charge is 0.478 e. The summed E-state index contributed by atoms with van der Waals surface area (Å²) in [6.07, 6.45) is 0. The summed E-state index contributed by atoms with van der Waals surface area (Å²) in [5.74, 6) is 0.120. The van der Waals surface area contributed by atoms with Gasteiger partial charge in [0.25, 0.3) is 0 Å². The van der Waals surface area contributed by atoms with Crippen LogP contribution in [0.1, 0.15) is 16.2 Å². The lowest BCUT2D eigenvalue weighted by atomic mass is 10.1. The van der Waals surface area contributed by atoms with Gasteiger partial charge in [-0.1, -0.05) is 18.2 Å². The molecule has 3 aromatic rings. The monoisotopic (exact) mass is 286 g/mol. The third kappa shape index (κ3) is 2.30. The number of fused-ring (bicyclic) bond motifs is 1. The van der Waals surface area contributed by atoms with Gasteiger partial charge in [0.2, 0.25) is 5.13 Å². The standard InChI is InChI=1S/C13H10N4O2S/c1-7-14-13(20-17-7)16-11-6-9(12(18)19)8-4-2-3-5-10(8)15-11/h2-6H,1H3,(H,18,19)(H,14,15,16,17). The lowest BCUT2D eigenvalue weighted by Crippen LogP contribution is -2.02. The highest BCUT2D eigenvalue weighted by atomic mass is 32.1. The average Bonchev–Trinajstić information content (AvgIpc) is 2.83. The number of nitrogens with one attached hydrogen (secondary N) is 1. The number of anilines is 2. The van der Waals surface area contributed by atoms with Crippen molar-refractivity contribution in [2.45, 2.75) is 6.92 Å². The minimum Gasteiger partial charge on any atom is -0.478 e. The summed E-state index contributed by atoms with van der Waals surface area (Å²) in [6, 6.07) is 8.63. The molecule has 0 fully saturated rings.